The summed E-state index contributed by atoms with van der Waals surface area (Å²) in [7, 11) is 0. The predicted molar refractivity (Wildman–Crippen MR) is 146 cm³/mol. The minimum Gasteiger partial charge on any atom is -0.397 e. The van der Waals surface area contributed by atoms with E-state index in [1.807, 2.05) is 97.1 Å². The first-order valence-corrected chi connectivity index (χ1v) is 11.7. The summed E-state index contributed by atoms with van der Waals surface area (Å²) in [6.07, 6.45) is 3.20. The summed E-state index contributed by atoms with van der Waals surface area (Å²) in [5, 5.41) is 5.78. The van der Waals surface area contributed by atoms with Crippen LogP contribution in [0, 0.1) is 0 Å². The molecule has 0 unspecified atom stereocenters. The molecule has 6 nitrogen and oxygen atoms in total. The van der Waals surface area contributed by atoms with Crippen LogP contribution in [0.1, 0.15) is 16.7 Å². The molecule has 0 fully saturated rings. The Morgan fingerprint density at radius 2 is 1.39 bits per heavy atom. The Balaban J connectivity index is 1.40. The number of benzene rings is 4. The number of anilines is 3. The third-order valence-corrected chi connectivity index (χ3v) is 5.57. The van der Waals surface area contributed by atoms with Crippen molar-refractivity contribution in [2.45, 2.75) is 13.1 Å². The highest BCUT2D eigenvalue weighted by Crippen LogP contribution is 2.19. The van der Waals surface area contributed by atoms with Gasteiger partial charge in [0.1, 0.15) is 0 Å². The van der Waals surface area contributed by atoms with Gasteiger partial charge in [-0.05, 0) is 47.0 Å². The van der Waals surface area contributed by atoms with Gasteiger partial charge in [0.05, 0.1) is 17.9 Å². The van der Waals surface area contributed by atoms with E-state index in [0.29, 0.717) is 24.5 Å². The van der Waals surface area contributed by atoms with E-state index in [-0.39, 0.29) is 11.9 Å². The number of nitrogen functional groups attached to an aromatic ring is 1. The van der Waals surface area contributed by atoms with E-state index < -0.39 is 0 Å². The fraction of sp³-hybridized carbons (Fsp3) is 0.0667. The van der Waals surface area contributed by atoms with Gasteiger partial charge < -0.3 is 16.4 Å². The lowest BCUT2D eigenvalue weighted by atomic mass is 10.1. The Morgan fingerprint density at radius 3 is 2.08 bits per heavy atom. The second-order valence-corrected chi connectivity index (χ2v) is 8.22. The number of amides is 3. The highest BCUT2D eigenvalue weighted by molar-refractivity contribution is 6.03. The number of carbonyl (C=O) groups excluding carboxylic acids is 2. The summed E-state index contributed by atoms with van der Waals surface area (Å²) in [6.45, 7) is 0.853. The number of nitrogens with one attached hydrogen (secondary N) is 2. The summed E-state index contributed by atoms with van der Waals surface area (Å²) in [4.78, 5) is 27.0. The summed E-state index contributed by atoms with van der Waals surface area (Å²) >= 11 is 0. The summed E-state index contributed by atoms with van der Waals surface area (Å²) < 4.78 is 0. The van der Waals surface area contributed by atoms with E-state index in [9.17, 15) is 9.59 Å². The van der Waals surface area contributed by atoms with Crippen LogP contribution in [0.25, 0.3) is 6.08 Å². The largest absolute Gasteiger partial charge is 0.397 e. The van der Waals surface area contributed by atoms with Crippen LogP contribution in [0.3, 0.4) is 0 Å². The maximum atomic E-state index is 13.1. The first-order valence-electron chi connectivity index (χ1n) is 11.7. The van der Waals surface area contributed by atoms with Gasteiger partial charge in [0.15, 0.2) is 0 Å². The van der Waals surface area contributed by atoms with Crippen LogP contribution in [-0.2, 0) is 17.9 Å². The van der Waals surface area contributed by atoms with Crippen LogP contribution in [0.5, 0.6) is 0 Å². The van der Waals surface area contributed by atoms with Crippen molar-refractivity contribution in [3.63, 3.8) is 0 Å². The molecule has 4 aromatic carbocycles. The molecule has 36 heavy (non-hydrogen) atoms. The van der Waals surface area contributed by atoms with E-state index in [4.69, 9.17) is 5.73 Å². The topological polar surface area (TPSA) is 87.5 Å². The molecular weight excluding hydrogens is 448 g/mol. The highest BCUT2D eigenvalue weighted by Gasteiger charge is 2.16. The minimum atomic E-state index is -0.262. The van der Waals surface area contributed by atoms with Gasteiger partial charge in [0, 0.05) is 18.3 Å². The van der Waals surface area contributed by atoms with Crippen LogP contribution in [0.4, 0.5) is 21.9 Å². The fourth-order valence-electron chi connectivity index (χ4n) is 3.63. The molecule has 180 valence electrons. The van der Waals surface area contributed by atoms with Crippen LogP contribution < -0.4 is 21.3 Å². The molecule has 0 atom stereocenters. The molecule has 0 radical (unpaired) electrons. The smallest absolute Gasteiger partial charge is 0.322 e. The molecule has 4 N–H and O–H groups in total. The zero-order valence-corrected chi connectivity index (χ0v) is 19.8. The number of rotatable bonds is 8. The Bertz CT molecular complexity index is 1320. The van der Waals surface area contributed by atoms with Crippen LogP contribution in [0.2, 0.25) is 0 Å². The molecule has 0 saturated heterocycles. The van der Waals surface area contributed by atoms with Gasteiger partial charge in [-0.2, -0.15) is 0 Å². The van der Waals surface area contributed by atoms with Crippen molar-refractivity contribution in [2.24, 2.45) is 0 Å². The number of hydrogen-bond donors (Lipinski definition) is 3. The number of carbonyl (C=O) groups is 2. The fourth-order valence-corrected chi connectivity index (χ4v) is 3.63. The van der Waals surface area contributed by atoms with Gasteiger partial charge >= 0.3 is 6.03 Å². The van der Waals surface area contributed by atoms with Crippen LogP contribution in [0.15, 0.2) is 115 Å². The van der Waals surface area contributed by atoms with Crippen LogP contribution >= 0.6 is 0 Å². The maximum absolute atomic E-state index is 13.1. The van der Waals surface area contributed by atoms with E-state index >= 15 is 0 Å². The zero-order valence-electron chi connectivity index (χ0n) is 19.8. The van der Waals surface area contributed by atoms with E-state index in [1.54, 1.807) is 23.1 Å². The second kappa shape index (κ2) is 12.0. The summed E-state index contributed by atoms with van der Waals surface area (Å²) in [5.74, 6) is -0.262. The standard InChI is InChI=1S/C30H28N4O2/c31-27-13-7-8-14-28(27)33-29(35)20-19-23-15-17-25(18-16-23)22-34(26-11-5-2-6-12-26)30(36)32-21-24-9-3-1-4-10-24/h1-20H,21-22,31H2,(H,32,36)(H,33,35). The van der Waals surface area contributed by atoms with Crippen molar-refractivity contribution < 1.29 is 9.59 Å². The minimum absolute atomic E-state index is 0.175. The zero-order chi connectivity index (χ0) is 25.2. The lowest BCUT2D eigenvalue weighted by Gasteiger charge is -2.23. The van der Waals surface area contributed by atoms with E-state index in [2.05, 4.69) is 10.6 Å². The molecule has 3 amide bonds. The lowest BCUT2D eigenvalue weighted by molar-refractivity contribution is -0.111. The normalized spacial score (nSPS) is 10.7. The Hall–Kier alpha value is -4.84. The van der Waals surface area contributed by atoms with E-state index in [1.165, 1.54) is 6.08 Å². The number of urea groups is 1. The number of hydrogen-bond acceptors (Lipinski definition) is 3. The van der Waals surface area contributed by atoms with Crippen molar-refractivity contribution in [3.8, 4) is 0 Å². The number of nitrogens with zero attached hydrogens (tertiary/aromatic N) is 1. The molecule has 4 aromatic rings. The molecule has 0 aliphatic rings. The third kappa shape index (κ3) is 6.84. The molecule has 0 spiro atoms. The monoisotopic (exact) mass is 476 g/mol. The van der Waals surface area contributed by atoms with Crippen molar-refractivity contribution >= 4 is 35.1 Å². The van der Waals surface area contributed by atoms with Crippen molar-refractivity contribution in [1.29, 1.82) is 0 Å². The van der Waals surface area contributed by atoms with Gasteiger partial charge in [0.25, 0.3) is 0 Å². The van der Waals surface area contributed by atoms with Crippen LogP contribution in [-0.4, -0.2) is 11.9 Å². The van der Waals surface area contributed by atoms with Gasteiger partial charge in [-0.25, -0.2) is 4.79 Å². The maximum Gasteiger partial charge on any atom is 0.322 e. The molecule has 0 bridgehead atoms. The van der Waals surface area contributed by atoms with Gasteiger partial charge in [-0.3, -0.25) is 9.69 Å². The second-order valence-electron chi connectivity index (χ2n) is 8.22. The Morgan fingerprint density at radius 1 is 0.750 bits per heavy atom. The Labute approximate surface area is 211 Å². The van der Waals surface area contributed by atoms with Gasteiger partial charge in [-0.15, -0.1) is 0 Å². The summed E-state index contributed by atoms with van der Waals surface area (Å²) in [6, 6.07) is 34.1. The predicted octanol–water partition coefficient (Wildman–Crippen LogP) is 5.84. The first-order chi connectivity index (χ1) is 17.6. The quantitative estimate of drug-likeness (QED) is 0.221. The van der Waals surface area contributed by atoms with E-state index in [0.717, 1.165) is 22.4 Å². The summed E-state index contributed by atoms with van der Waals surface area (Å²) in [5.41, 5.74) is 10.6. The van der Waals surface area contributed by atoms with Crippen molar-refractivity contribution in [2.75, 3.05) is 16.0 Å². The molecule has 4 rings (SSSR count). The third-order valence-electron chi connectivity index (χ3n) is 5.57. The molecule has 0 saturated carbocycles. The Kier molecular flexibility index (Phi) is 8.12. The average Bonchev–Trinajstić information content (AvgIpc) is 2.92. The molecule has 0 aromatic heterocycles. The highest BCUT2D eigenvalue weighted by atomic mass is 16.2. The lowest BCUT2D eigenvalue weighted by Crippen LogP contribution is -2.39. The molecule has 0 heterocycles. The molecular formula is C30H28N4O2. The first kappa shape index (κ1) is 24.3. The average molecular weight is 477 g/mol. The van der Waals surface area contributed by atoms with Gasteiger partial charge in [0.2, 0.25) is 5.91 Å². The van der Waals surface area contributed by atoms with Crippen molar-refractivity contribution in [3.05, 3.63) is 132 Å². The van der Waals surface area contributed by atoms with Gasteiger partial charge in [-0.1, -0.05) is 84.9 Å². The molecule has 0 aliphatic carbocycles. The molecule has 0 aliphatic heterocycles. The number of nitrogens with two attached hydrogens (primary N) is 1. The van der Waals surface area contributed by atoms with Crippen molar-refractivity contribution in [1.82, 2.24) is 5.32 Å². The number of para-hydroxylation sites is 3. The SMILES string of the molecule is Nc1ccccc1NC(=O)C=Cc1ccc(CN(C(=O)NCc2ccccc2)c2ccccc2)cc1. The molecule has 6 heteroatoms.